The SMILES string of the molecule is CCCCCCCCCC/C=C\CCCCCCCCCCCCCCCCCC(=O)NC(COC1OC(CO)C(O)C(O)C1O)C(O)/C=C/CC/C=C/CCCCCCCCCCCCCCCCCCCCCCCCCCCCC. The second kappa shape index (κ2) is 63.4. The van der Waals surface area contributed by atoms with Crippen molar-refractivity contribution in [3.05, 3.63) is 36.5 Å². The number of rotatable bonds is 65. The summed E-state index contributed by atoms with van der Waals surface area (Å²) < 4.78 is 11.3. The van der Waals surface area contributed by atoms with E-state index in [1.54, 1.807) is 6.08 Å². The van der Waals surface area contributed by atoms with E-state index >= 15 is 0 Å². The number of hydrogen-bond acceptors (Lipinski definition) is 8. The van der Waals surface area contributed by atoms with Crippen LogP contribution < -0.4 is 5.32 Å². The molecule has 0 aromatic rings. The summed E-state index contributed by atoms with van der Waals surface area (Å²) in [5.41, 5.74) is 0. The Labute approximate surface area is 514 Å². The summed E-state index contributed by atoms with van der Waals surface area (Å²) in [5.74, 6) is -0.180. The monoisotopic (exact) mass is 1170 g/mol. The van der Waals surface area contributed by atoms with Gasteiger partial charge in [0.05, 0.1) is 25.4 Å². The van der Waals surface area contributed by atoms with Gasteiger partial charge in [-0.1, -0.05) is 346 Å². The van der Waals surface area contributed by atoms with E-state index in [2.05, 4.69) is 43.5 Å². The predicted molar refractivity (Wildman–Crippen MR) is 355 cm³/mol. The Morgan fingerprint density at radius 3 is 1.01 bits per heavy atom. The molecule has 0 spiro atoms. The van der Waals surface area contributed by atoms with Gasteiger partial charge in [-0.2, -0.15) is 0 Å². The van der Waals surface area contributed by atoms with Crippen LogP contribution in [0.25, 0.3) is 0 Å². The third kappa shape index (κ3) is 52.1. The van der Waals surface area contributed by atoms with Crippen LogP contribution in [0.1, 0.15) is 373 Å². The van der Waals surface area contributed by atoms with Gasteiger partial charge in [0.1, 0.15) is 24.4 Å². The molecule has 1 fully saturated rings. The minimum absolute atomic E-state index is 0.180. The van der Waals surface area contributed by atoms with Crippen molar-refractivity contribution in [1.82, 2.24) is 5.32 Å². The molecule has 9 heteroatoms. The van der Waals surface area contributed by atoms with E-state index in [0.717, 1.165) is 38.5 Å². The molecular formula is C74H141NO8. The van der Waals surface area contributed by atoms with Crippen LogP contribution >= 0.6 is 0 Å². The van der Waals surface area contributed by atoms with Crippen molar-refractivity contribution in [3.8, 4) is 0 Å². The highest BCUT2D eigenvalue weighted by Crippen LogP contribution is 2.24. The fourth-order valence-corrected chi connectivity index (χ4v) is 11.9. The molecule has 6 N–H and O–H groups in total. The number of nitrogens with one attached hydrogen (secondary N) is 1. The first kappa shape index (κ1) is 79.4. The first-order valence-electron chi connectivity index (χ1n) is 36.7. The lowest BCUT2D eigenvalue weighted by Crippen LogP contribution is -2.60. The highest BCUT2D eigenvalue weighted by molar-refractivity contribution is 5.76. The van der Waals surface area contributed by atoms with Gasteiger partial charge in [-0.3, -0.25) is 4.79 Å². The minimum Gasteiger partial charge on any atom is -0.394 e. The number of aliphatic hydroxyl groups is 5. The zero-order chi connectivity index (χ0) is 60.0. The van der Waals surface area contributed by atoms with Crippen LogP contribution in [0, 0.1) is 0 Å². The third-order valence-corrected chi connectivity index (χ3v) is 17.7. The molecule has 9 nitrogen and oxygen atoms in total. The Morgan fingerprint density at radius 1 is 0.398 bits per heavy atom. The second-order valence-corrected chi connectivity index (χ2v) is 25.7. The molecule has 83 heavy (non-hydrogen) atoms. The fraction of sp³-hybridized carbons (Fsp3) is 0.905. The van der Waals surface area contributed by atoms with Gasteiger partial charge in [-0.05, 0) is 57.8 Å². The summed E-state index contributed by atoms with van der Waals surface area (Å²) in [5, 5.41) is 54.8. The Bertz CT molecular complexity index is 1410. The number of aliphatic hydroxyl groups excluding tert-OH is 5. The molecule has 0 radical (unpaired) electrons. The zero-order valence-corrected chi connectivity index (χ0v) is 55.0. The van der Waals surface area contributed by atoms with Crippen LogP contribution in [0.3, 0.4) is 0 Å². The van der Waals surface area contributed by atoms with Crippen molar-refractivity contribution in [3.63, 3.8) is 0 Å². The summed E-state index contributed by atoms with van der Waals surface area (Å²) >= 11 is 0. The molecule has 1 amide bonds. The molecule has 0 aliphatic carbocycles. The van der Waals surface area contributed by atoms with E-state index in [0.29, 0.717) is 6.42 Å². The molecule has 7 unspecified atom stereocenters. The molecule has 0 aromatic carbocycles. The molecule has 0 saturated carbocycles. The molecule has 490 valence electrons. The lowest BCUT2D eigenvalue weighted by Gasteiger charge is -2.40. The Hall–Kier alpha value is -1.59. The molecule has 7 atom stereocenters. The smallest absolute Gasteiger partial charge is 0.220 e. The average molecular weight is 1170 g/mol. The standard InChI is InChI=1S/C74H141NO8/c1-3-5-7-9-11-13-15-17-19-21-23-25-27-29-31-32-33-34-35-36-38-39-41-43-45-47-49-51-53-55-57-59-61-63-68(77)67(66-82-74-73(81)72(80)71(79)69(65-76)83-74)75-70(78)64-62-60-58-56-54-52-50-48-46-44-42-40-37-30-28-26-24-22-20-18-16-14-12-10-8-6-4-2/h22,24,53,55,61,63,67-69,71-74,76-77,79-81H,3-21,23,25-52,54,56-60,62,64-66H2,1-2H3,(H,75,78)/b24-22-,55-53+,63-61+. The molecule has 0 aromatic heterocycles. The van der Waals surface area contributed by atoms with Gasteiger partial charge < -0.3 is 40.3 Å². The van der Waals surface area contributed by atoms with Crippen LogP contribution in [0.5, 0.6) is 0 Å². The maximum Gasteiger partial charge on any atom is 0.220 e. The molecule has 1 aliphatic rings. The van der Waals surface area contributed by atoms with Crippen molar-refractivity contribution in [2.24, 2.45) is 0 Å². The van der Waals surface area contributed by atoms with Crippen LogP contribution in [0.4, 0.5) is 0 Å². The van der Waals surface area contributed by atoms with Crippen LogP contribution in [-0.4, -0.2) is 87.5 Å². The summed E-state index contributed by atoms with van der Waals surface area (Å²) in [6, 6.07) is -0.823. The first-order chi connectivity index (χ1) is 40.8. The molecule has 1 aliphatic heterocycles. The van der Waals surface area contributed by atoms with Crippen LogP contribution in [-0.2, 0) is 14.3 Å². The summed E-state index contributed by atoms with van der Waals surface area (Å²) in [7, 11) is 0. The maximum atomic E-state index is 13.1. The minimum atomic E-state index is -1.57. The van der Waals surface area contributed by atoms with Gasteiger partial charge in [0.15, 0.2) is 6.29 Å². The quantitative estimate of drug-likeness (QED) is 0.0261. The number of carbonyl (C=O) groups is 1. The second-order valence-electron chi connectivity index (χ2n) is 25.7. The van der Waals surface area contributed by atoms with Gasteiger partial charge in [-0.25, -0.2) is 0 Å². The largest absolute Gasteiger partial charge is 0.394 e. The summed E-state index contributed by atoms with van der Waals surface area (Å²) in [4.78, 5) is 13.1. The van der Waals surface area contributed by atoms with E-state index in [9.17, 15) is 30.3 Å². The van der Waals surface area contributed by atoms with Crippen molar-refractivity contribution >= 4 is 5.91 Å². The van der Waals surface area contributed by atoms with Crippen LogP contribution in [0.2, 0.25) is 0 Å². The topological polar surface area (TPSA) is 149 Å². The Balaban J connectivity index is 2.12. The molecule has 1 heterocycles. The first-order valence-corrected chi connectivity index (χ1v) is 36.7. The lowest BCUT2D eigenvalue weighted by atomic mass is 9.99. The Kier molecular flexibility index (Phi) is 60.7. The van der Waals surface area contributed by atoms with Gasteiger partial charge in [0.25, 0.3) is 0 Å². The number of allylic oxidation sites excluding steroid dienone is 5. The van der Waals surface area contributed by atoms with E-state index in [1.165, 1.54) is 315 Å². The highest BCUT2D eigenvalue weighted by atomic mass is 16.7. The van der Waals surface area contributed by atoms with Crippen LogP contribution in [0.15, 0.2) is 36.5 Å². The summed E-state index contributed by atoms with van der Waals surface area (Å²) in [6.07, 6.45) is 78.5. The maximum absolute atomic E-state index is 13.1. The van der Waals surface area contributed by atoms with Gasteiger partial charge in [0, 0.05) is 6.42 Å². The number of unbranched alkanes of at least 4 members (excludes halogenated alkanes) is 51. The van der Waals surface area contributed by atoms with Crippen molar-refractivity contribution in [1.29, 1.82) is 0 Å². The average Bonchev–Trinajstić information content (AvgIpc) is 3.60. The number of carbonyl (C=O) groups excluding carboxylic acids is 1. The van der Waals surface area contributed by atoms with E-state index in [-0.39, 0.29) is 12.5 Å². The van der Waals surface area contributed by atoms with Gasteiger partial charge in [-0.15, -0.1) is 0 Å². The molecule has 1 saturated heterocycles. The Morgan fingerprint density at radius 2 is 0.687 bits per heavy atom. The molecular weight excluding hydrogens is 1030 g/mol. The van der Waals surface area contributed by atoms with Gasteiger partial charge in [0.2, 0.25) is 5.91 Å². The normalized spacial score (nSPS) is 18.4. The van der Waals surface area contributed by atoms with E-state index in [1.807, 2.05) is 6.08 Å². The van der Waals surface area contributed by atoms with E-state index in [4.69, 9.17) is 9.47 Å². The number of hydrogen-bond donors (Lipinski definition) is 6. The molecule has 0 bridgehead atoms. The number of amides is 1. The fourth-order valence-electron chi connectivity index (χ4n) is 11.9. The molecule has 1 rings (SSSR count). The highest BCUT2D eigenvalue weighted by Gasteiger charge is 2.44. The number of ether oxygens (including phenoxy) is 2. The zero-order valence-electron chi connectivity index (χ0n) is 55.0. The predicted octanol–water partition coefficient (Wildman–Crippen LogP) is 20.2. The van der Waals surface area contributed by atoms with Crippen molar-refractivity contribution in [2.75, 3.05) is 13.2 Å². The van der Waals surface area contributed by atoms with Gasteiger partial charge >= 0.3 is 0 Å². The lowest BCUT2D eigenvalue weighted by molar-refractivity contribution is -0.302. The third-order valence-electron chi connectivity index (χ3n) is 17.7. The van der Waals surface area contributed by atoms with Crippen molar-refractivity contribution in [2.45, 2.75) is 416 Å². The van der Waals surface area contributed by atoms with E-state index < -0.39 is 49.5 Å². The summed E-state index contributed by atoms with van der Waals surface area (Å²) in [6.45, 7) is 3.82. The van der Waals surface area contributed by atoms with Crippen molar-refractivity contribution < 1.29 is 39.8 Å².